The minimum atomic E-state index is -4.59. The van der Waals surface area contributed by atoms with E-state index in [9.17, 15) is 18.0 Å². The van der Waals surface area contributed by atoms with E-state index in [0.29, 0.717) is 51.0 Å². The fourth-order valence-electron chi connectivity index (χ4n) is 4.81. The van der Waals surface area contributed by atoms with Crippen LogP contribution in [0.15, 0.2) is 29.4 Å². The first kappa shape index (κ1) is 30.6. The Morgan fingerprint density at radius 2 is 1.71 bits per heavy atom. The Morgan fingerprint density at radius 1 is 1.00 bits per heavy atom. The lowest BCUT2D eigenvalue weighted by atomic mass is 9.89. The monoisotopic (exact) mass is 580 g/mol. The van der Waals surface area contributed by atoms with Gasteiger partial charge in [-0.2, -0.15) is 22.9 Å². The van der Waals surface area contributed by atoms with Crippen LogP contribution in [-0.2, 0) is 22.1 Å². The number of likely N-dealkylation sites (tertiary alicyclic amines) is 1. The molecule has 10 nitrogen and oxygen atoms in total. The quantitative estimate of drug-likeness (QED) is 0.395. The minimum Gasteiger partial charge on any atom is -0.494 e. The van der Waals surface area contributed by atoms with Crippen molar-refractivity contribution in [3.63, 3.8) is 0 Å². The zero-order valence-electron chi connectivity index (χ0n) is 23.9. The molecule has 0 bridgehead atoms. The van der Waals surface area contributed by atoms with Crippen LogP contribution < -0.4 is 10.1 Å². The van der Waals surface area contributed by atoms with E-state index in [1.165, 1.54) is 5.56 Å². The Labute approximate surface area is 238 Å². The topological polar surface area (TPSA) is 103 Å². The number of rotatable bonds is 10. The van der Waals surface area contributed by atoms with E-state index in [2.05, 4.69) is 37.6 Å². The Kier molecular flexibility index (Phi) is 10.1. The second-order valence-electron chi connectivity index (χ2n) is 11.2. The predicted molar refractivity (Wildman–Crippen MR) is 146 cm³/mol. The van der Waals surface area contributed by atoms with Crippen LogP contribution in [0.2, 0.25) is 0 Å². The Morgan fingerprint density at radius 3 is 2.39 bits per heavy atom. The Hall–Kier alpha value is -3.35. The van der Waals surface area contributed by atoms with Gasteiger partial charge in [0.2, 0.25) is 0 Å². The number of benzene rings is 1. The summed E-state index contributed by atoms with van der Waals surface area (Å²) in [5, 5.41) is 13.9. The highest BCUT2D eigenvalue weighted by Gasteiger charge is 2.40. The molecule has 0 radical (unpaired) electrons. The van der Waals surface area contributed by atoms with Crippen LogP contribution in [0.1, 0.15) is 76.0 Å². The van der Waals surface area contributed by atoms with Crippen molar-refractivity contribution in [1.29, 1.82) is 0 Å². The number of alkyl halides is 3. The molecule has 1 aromatic carbocycles. The lowest BCUT2D eigenvalue weighted by Gasteiger charge is -2.35. The van der Waals surface area contributed by atoms with Gasteiger partial charge in [-0.25, -0.2) is 4.79 Å². The number of aryl methyl sites for hydroxylation is 1. The molecule has 0 spiro atoms. The first-order chi connectivity index (χ1) is 19.5. The molecule has 0 aliphatic carbocycles. The number of hydrogen-bond donors (Lipinski definition) is 1. The summed E-state index contributed by atoms with van der Waals surface area (Å²) < 4.78 is 57.1. The third-order valence-electron chi connectivity index (χ3n) is 6.82. The number of nitrogens with one attached hydrogen (secondary N) is 1. The van der Waals surface area contributed by atoms with Crippen LogP contribution in [0.5, 0.6) is 5.75 Å². The van der Waals surface area contributed by atoms with Crippen LogP contribution in [0.4, 0.5) is 18.0 Å². The summed E-state index contributed by atoms with van der Waals surface area (Å²) in [5.41, 5.74) is 0.716. The predicted octanol–water partition coefficient (Wildman–Crippen LogP) is 4.98. The molecule has 1 fully saturated rings. The van der Waals surface area contributed by atoms with Gasteiger partial charge in [-0.3, -0.25) is 0 Å². The van der Waals surface area contributed by atoms with E-state index in [-0.39, 0.29) is 5.82 Å². The van der Waals surface area contributed by atoms with Crippen LogP contribution in [-0.4, -0.2) is 76.8 Å². The van der Waals surface area contributed by atoms with Crippen molar-refractivity contribution >= 4 is 11.9 Å². The first-order valence-corrected chi connectivity index (χ1v) is 14.1. The molecule has 0 unspecified atom stereocenters. The maximum absolute atomic E-state index is 13.2. The number of nitrogens with zero attached hydrogens (tertiary/aromatic N) is 5. The van der Waals surface area contributed by atoms with Gasteiger partial charge in [-0.1, -0.05) is 12.1 Å². The second kappa shape index (κ2) is 13.5. The molecule has 1 N–H and O–H groups in total. The van der Waals surface area contributed by atoms with Gasteiger partial charge in [-0.15, -0.1) is 10.2 Å². The SMILES string of the molecule is CC(C)(C)OC(=O)NCCOCCCCOc1ccc(C2CCN(C3=Nn4c(nnc4C(F)(F)F)CC3)CC2)cc1. The summed E-state index contributed by atoms with van der Waals surface area (Å²) in [5.74, 6) is 1.03. The van der Waals surface area contributed by atoms with Gasteiger partial charge in [0.25, 0.3) is 5.82 Å². The molecule has 13 heteroatoms. The van der Waals surface area contributed by atoms with Crippen molar-refractivity contribution in [1.82, 2.24) is 25.1 Å². The number of aromatic nitrogens is 3. The highest BCUT2D eigenvalue weighted by atomic mass is 19.4. The maximum Gasteiger partial charge on any atom is 0.453 e. The van der Waals surface area contributed by atoms with E-state index in [1.54, 1.807) is 0 Å². The zero-order valence-corrected chi connectivity index (χ0v) is 23.9. The normalized spacial score (nSPS) is 16.2. The number of amides is 1. The van der Waals surface area contributed by atoms with E-state index in [0.717, 1.165) is 49.2 Å². The van der Waals surface area contributed by atoms with Crippen molar-refractivity contribution in [2.45, 2.75) is 77.0 Å². The summed E-state index contributed by atoms with van der Waals surface area (Å²) in [6.07, 6.45) is -0.582. The van der Waals surface area contributed by atoms with Gasteiger partial charge < -0.3 is 24.4 Å². The van der Waals surface area contributed by atoms with Crippen molar-refractivity contribution in [3.05, 3.63) is 41.5 Å². The van der Waals surface area contributed by atoms with Crippen LogP contribution in [0.25, 0.3) is 0 Å². The Bertz CT molecular complexity index is 1170. The summed E-state index contributed by atoms with van der Waals surface area (Å²) in [6.45, 7) is 8.93. The number of carbonyl (C=O) groups is 1. The molecule has 2 aromatic rings. The largest absolute Gasteiger partial charge is 0.494 e. The first-order valence-electron chi connectivity index (χ1n) is 14.1. The number of halogens is 3. The van der Waals surface area contributed by atoms with E-state index >= 15 is 0 Å². The number of fused-ring (bicyclic) bond motifs is 1. The number of alkyl carbamates (subject to hydrolysis) is 1. The molecule has 2 aliphatic heterocycles. The van der Waals surface area contributed by atoms with Crippen molar-refractivity contribution in [3.8, 4) is 5.75 Å². The summed E-state index contributed by atoms with van der Waals surface area (Å²) in [7, 11) is 0. The molecular formula is C28H39F3N6O4. The molecular weight excluding hydrogens is 541 g/mol. The minimum absolute atomic E-state index is 0.247. The van der Waals surface area contributed by atoms with Gasteiger partial charge in [0.05, 0.1) is 13.2 Å². The third-order valence-corrected chi connectivity index (χ3v) is 6.82. The lowest BCUT2D eigenvalue weighted by molar-refractivity contribution is -0.147. The van der Waals surface area contributed by atoms with E-state index in [4.69, 9.17) is 14.2 Å². The zero-order chi connectivity index (χ0) is 29.5. The molecule has 41 heavy (non-hydrogen) atoms. The molecule has 1 saturated heterocycles. The number of unbranched alkanes of at least 4 members (excludes halogenated alkanes) is 1. The molecule has 4 rings (SSSR count). The van der Waals surface area contributed by atoms with Gasteiger partial charge in [0.15, 0.2) is 5.82 Å². The third kappa shape index (κ3) is 9.07. The number of carbonyl (C=O) groups excluding carboxylic acids is 1. The summed E-state index contributed by atoms with van der Waals surface area (Å²) in [6, 6.07) is 8.15. The number of ether oxygens (including phenoxy) is 3. The highest BCUT2D eigenvalue weighted by Crippen LogP contribution is 2.32. The lowest BCUT2D eigenvalue weighted by Crippen LogP contribution is -2.40. The average molecular weight is 581 g/mol. The van der Waals surface area contributed by atoms with E-state index < -0.39 is 23.7 Å². The van der Waals surface area contributed by atoms with Crippen molar-refractivity contribution < 1.29 is 32.2 Å². The second-order valence-corrected chi connectivity index (χ2v) is 11.2. The fourth-order valence-corrected chi connectivity index (χ4v) is 4.81. The smallest absolute Gasteiger partial charge is 0.453 e. The summed E-state index contributed by atoms with van der Waals surface area (Å²) in [4.78, 5) is 13.6. The molecule has 1 aromatic heterocycles. The maximum atomic E-state index is 13.2. The van der Waals surface area contributed by atoms with Gasteiger partial charge >= 0.3 is 12.3 Å². The van der Waals surface area contributed by atoms with Gasteiger partial charge in [-0.05, 0) is 70.1 Å². The van der Waals surface area contributed by atoms with Crippen LogP contribution in [0, 0.1) is 0 Å². The Balaban J connectivity index is 1.11. The molecule has 226 valence electrons. The van der Waals surface area contributed by atoms with Crippen LogP contribution in [0.3, 0.4) is 0 Å². The molecule has 3 heterocycles. The number of hydrogen-bond acceptors (Lipinski definition) is 8. The molecule has 0 saturated carbocycles. The standard InChI is InChI=1S/C28H39F3N6O4/c1-27(2,3)41-26(38)32-14-19-39-17-4-5-18-40-22-8-6-20(7-9-22)21-12-15-36(16-13-21)24-11-10-23-33-34-25(28(29,30)31)37(23)35-24/h6-9,21H,4-5,10-19H2,1-3H3,(H,32,38). The molecule has 2 aliphatic rings. The van der Waals surface area contributed by atoms with Crippen LogP contribution >= 0.6 is 0 Å². The fraction of sp³-hybridized carbons (Fsp3) is 0.643. The van der Waals surface area contributed by atoms with Crippen molar-refractivity contribution in [2.75, 3.05) is 39.5 Å². The van der Waals surface area contributed by atoms with Gasteiger partial charge in [0, 0.05) is 39.1 Å². The number of piperidine rings is 1. The van der Waals surface area contributed by atoms with E-state index in [1.807, 2.05) is 32.9 Å². The average Bonchev–Trinajstić information content (AvgIpc) is 3.36. The molecule has 1 amide bonds. The number of amidine groups is 1. The van der Waals surface area contributed by atoms with Gasteiger partial charge in [0.1, 0.15) is 17.2 Å². The summed E-state index contributed by atoms with van der Waals surface area (Å²) >= 11 is 0. The highest BCUT2D eigenvalue weighted by molar-refractivity contribution is 5.83. The van der Waals surface area contributed by atoms with Crippen molar-refractivity contribution in [2.24, 2.45) is 5.10 Å². The molecule has 0 atom stereocenters.